The maximum Gasteiger partial charge on any atom is 0.272 e. The summed E-state index contributed by atoms with van der Waals surface area (Å²) in [5.74, 6) is 0.0619. The number of piperidine rings is 1. The number of hydrogen-bond acceptors (Lipinski definition) is 5. The van der Waals surface area contributed by atoms with E-state index in [1.54, 1.807) is 18.3 Å². The van der Waals surface area contributed by atoms with E-state index in [0.717, 1.165) is 44.2 Å². The van der Waals surface area contributed by atoms with Crippen molar-refractivity contribution in [2.45, 2.75) is 57.8 Å². The Morgan fingerprint density at radius 2 is 1.70 bits per heavy atom. The third kappa shape index (κ3) is 6.09. The number of nitrogens with zero attached hydrogens (tertiary/aromatic N) is 3. The van der Waals surface area contributed by atoms with Crippen LogP contribution in [0.3, 0.4) is 0 Å². The van der Waals surface area contributed by atoms with Gasteiger partial charge in [-0.05, 0) is 81.5 Å². The molecule has 0 saturated carbocycles. The highest BCUT2D eigenvalue weighted by Gasteiger charge is 2.28. The lowest BCUT2D eigenvalue weighted by molar-refractivity contribution is -0.126. The Hall–Kier alpha value is -3.48. The number of fused-ring (bicyclic) bond motifs is 2. The Morgan fingerprint density at radius 3 is 2.54 bits per heavy atom. The van der Waals surface area contributed by atoms with Crippen molar-refractivity contribution < 1.29 is 9.59 Å². The average Bonchev–Trinajstić information content (AvgIpc) is 2.96. The van der Waals surface area contributed by atoms with E-state index in [4.69, 9.17) is 4.98 Å². The van der Waals surface area contributed by atoms with Crippen LogP contribution in [0.25, 0.3) is 10.9 Å². The number of benzene rings is 1. The summed E-state index contributed by atoms with van der Waals surface area (Å²) < 4.78 is 0. The highest BCUT2D eigenvalue weighted by atomic mass is 16.2. The molecule has 1 aromatic carbocycles. The highest BCUT2D eigenvalue weighted by molar-refractivity contribution is 5.94. The van der Waals surface area contributed by atoms with Crippen molar-refractivity contribution in [3.05, 3.63) is 65.6 Å². The van der Waals surface area contributed by atoms with Gasteiger partial charge in [-0.25, -0.2) is 0 Å². The van der Waals surface area contributed by atoms with Gasteiger partial charge in [-0.1, -0.05) is 24.3 Å². The minimum Gasteiger partial charge on any atom is -0.384 e. The van der Waals surface area contributed by atoms with Crippen LogP contribution < -0.4 is 10.6 Å². The Morgan fingerprint density at radius 1 is 0.919 bits per heavy atom. The Kier molecular flexibility index (Phi) is 8.28. The van der Waals surface area contributed by atoms with Gasteiger partial charge in [0.05, 0.1) is 5.52 Å². The number of para-hydroxylation sites is 1. The number of rotatable bonds is 9. The average molecular weight is 500 g/mol. The predicted octanol–water partition coefficient (Wildman–Crippen LogP) is 4.76. The quantitative estimate of drug-likeness (QED) is 0.415. The molecule has 7 nitrogen and oxygen atoms in total. The first-order valence-electron chi connectivity index (χ1n) is 13.8. The van der Waals surface area contributed by atoms with Crippen LogP contribution in [-0.4, -0.2) is 52.9 Å². The van der Waals surface area contributed by atoms with Crippen LogP contribution in [0.4, 0.5) is 5.69 Å². The zero-order valence-corrected chi connectivity index (χ0v) is 21.5. The van der Waals surface area contributed by atoms with Crippen LogP contribution >= 0.6 is 0 Å². The second kappa shape index (κ2) is 12.2. The molecular weight excluding hydrogens is 462 g/mol. The topological polar surface area (TPSA) is 87.2 Å². The van der Waals surface area contributed by atoms with Crippen molar-refractivity contribution in [1.82, 2.24) is 20.2 Å². The van der Waals surface area contributed by atoms with Gasteiger partial charge < -0.3 is 15.5 Å². The fourth-order valence-corrected chi connectivity index (χ4v) is 5.57. The number of aromatic nitrogens is 2. The molecule has 1 saturated heterocycles. The first kappa shape index (κ1) is 25.2. The number of hydrogen-bond donors (Lipinski definition) is 2. The van der Waals surface area contributed by atoms with Crippen molar-refractivity contribution >= 4 is 28.4 Å². The van der Waals surface area contributed by atoms with E-state index in [2.05, 4.69) is 39.9 Å². The molecular formula is C30H37N5O2. The number of nitrogens with one attached hydrogen (secondary N) is 2. The maximum absolute atomic E-state index is 12.6. The largest absolute Gasteiger partial charge is 0.384 e. The van der Waals surface area contributed by atoms with E-state index in [0.29, 0.717) is 38.2 Å². The third-order valence-electron chi connectivity index (χ3n) is 7.66. The SMILES string of the molecule is O=C(NCCCCCNc1c2c(nc3ccccc13)CCCC2)C1CCN(C(=O)c2ccccn2)CC1. The van der Waals surface area contributed by atoms with E-state index in [-0.39, 0.29) is 17.7 Å². The van der Waals surface area contributed by atoms with Crippen LogP contribution in [0.2, 0.25) is 0 Å². The summed E-state index contributed by atoms with van der Waals surface area (Å²) >= 11 is 0. The van der Waals surface area contributed by atoms with Crippen LogP contribution in [0.5, 0.6) is 0 Å². The van der Waals surface area contributed by atoms with Gasteiger partial charge in [0.2, 0.25) is 5.91 Å². The van der Waals surface area contributed by atoms with Gasteiger partial charge in [-0.3, -0.25) is 19.6 Å². The number of carbonyl (C=O) groups excluding carboxylic acids is 2. The minimum absolute atomic E-state index is 0.0133. The molecule has 2 N–H and O–H groups in total. The fourth-order valence-electron chi connectivity index (χ4n) is 5.57. The molecule has 2 aliphatic rings. The van der Waals surface area contributed by atoms with Crippen molar-refractivity contribution in [2.75, 3.05) is 31.5 Å². The summed E-state index contributed by atoms with van der Waals surface area (Å²) in [5.41, 5.74) is 5.51. The molecule has 1 aliphatic carbocycles. The second-order valence-electron chi connectivity index (χ2n) is 10.2. The molecule has 3 aromatic rings. The van der Waals surface area contributed by atoms with Crippen molar-refractivity contribution in [2.24, 2.45) is 5.92 Å². The summed E-state index contributed by atoms with van der Waals surface area (Å²) in [6.45, 7) is 2.84. The van der Waals surface area contributed by atoms with Gasteiger partial charge in [-0.2, -0.15) is 0 Å². The fraction of sp³-hybridized carbons (Fsp3) is 0.467. The predicted molar refractivity (Wildman–Crippen MR) is 147 cm³/mol. The summed E-state index contributed by atoms with van der Waals surface area (Å²) in [7, 11) is 0. The summed E-state index contributed by atoms with van der Waals surface area (Å²) in [5, 5.41) is 8.07. The molecule has 37 heavy (non-hydrogen) atoms. The summed E-state index contributed by atoms with van der Waals surface area (Å²) in [4.78, 5) is 36.1. The van der Waals surface area contributed by atoms with E-state index in [1.165, 1.54) is 35.2 Å². The zero-order chi connectivity index (χ0) is 25.5. The number of unbranched alkanes of at least 4 members (excludes halogenated alkanes) is 2. The molecule has 194 valence electrons. The van der Waals surface area contributed by atoms with Gasteiger partial charge in [0.15, 0.2) is 0 Å². The summed E-state index contributed by atoms with van der Waals surface area (Å²) in [6, 6.07) is 13.8. The molecule has 1 aliphatic heterocycles. The van der Waals surface area contributed by atoms with Crippen LogP contribution in [0.1, 0.15) is 66.7 Å². The Bertz CT molecular complexity index is 1220. The van der Waals surface area contributed by atoms with Gasteiger partial charge in [0.25, 0.3) is 5.91 Å². The lowest BCUT2D eigenvalue weighted by Crippen LogP contribution is -2.43. The lowest BCUT2D eigenvalue weighted by Gasteiger charge is -2.31. The van der Waals surface area contributed by atoms with Gasteiger partial charge in [0, 0.05) is 55.1 Å². The number of aryl methyl sites for hydroxylation is 1. The van der Waals surface area contributed by atoms with Gasteiger partial charge >= 0.3 is 0 Å². The van der Waals surface area contributed by atoms with Crippen LogP contribution in [0, 0.1) is 5.92 Å². The number of anilines is 1. The standard InChI is InChI=1S/C30H37N5O2/c36-29(22-15-20-35(21-16-22)30(37)27-14-6-9-17-31-27)33-19-8-1-7-18-32-28-23-10-2-4-12-25(23)34-26-13-5-3-11-24(26)28/h2,4,6,9-10,12,14,17,22H,1,3,5,7-8,11,13,15-16,18-21H2,(H,32,34)(H,33,36). The van der Waals surface area contributed by atoms with Gasteiger partial charge in [0.1, 0.15) is 5.69 Å². The van der Waals surface area contributed by atoms with E-state index in [9.17, 15) is 9.59 Å². The minimum atomic E-state index is -0.0478. The van der Waals surface area contributed by atoms with Crippen molar-refractivity contribution in [1.29, 1.82) is 0 Å². The second-order valence-corrected chi connectivity index (χ2v) is 10.2. The molecule has 5 rings (SSSR count). The van der Waals surface area contributed by atoms with Crippen molar-refractivity contribution in [3.8, 4) is 0 Å². The zero-order valence-electron chi connectivity index (χ0n) is 21.5. The van der Waals surface area contributed by atoms with Crippen LogP contribution in [0.15, 0.2) is 48.7 Å². The smallest absolute Gasteiger partial charge is 0.272 e. The Balaban J connectivity index is 1.01. The van der Waals surface area contributed by atoms with Crippen LogP contribution in [-0.2, 0) is 17.6 Å². The van der Waals surface area contributed by atoms with Crippen molar-refractivity contribution in [3.63, 3.8) is 0 Å². The number of likely N-dealkylation sites (tertiary alicyclic amines) is 1. The third-order valence-corrected chi connectivity index (χ3v) is 7.66. The lowest BCUT2D eigenvalue weighted by atomic mass is 9.92. The first-order chi connectivity index (χ1) is 18.2. The molecule has 0 spiro atoms. The molecule has 2 aromatic heterocycles. The van der Waals surface area contributed by atoms with E-state index in [1.807, 2.05) is 11.0 Å². The van der Waals surface area contributed by atoms with E-state index >= 15 is 0 Å². The molecule has 0 atom stereocenters. The molecule has 3 heterocycles. The molecule has 0 radical (unpaired) electrons. The number of carbonyl (C=O) groups is 2. The van der Waals surface area contributed by atoms with E-state index < -0.39 is 0 Å². The molecule has 0 unspecified atom stereocenters. The van der Waals surface area contributed by atoms with Gasteiger partial charge in [-0.15, -0.1) is 0 Å². The first-order valence-corrected chi connectivity index (χ1v) is 13.8. The molecule has 1 fully saturated rings. The Labute approximate surface area is 219 Å². The highest BCUT2D eigenvalue weighted by Crippen LogP contribution is 2.33. The number of pyridine rings is 2. The number of amides is 2. The molecule has 0 bridgehead atoms. The molecule has 2 amide bonds. The summed E-state index contributed by atoms with van der Waals surface area (Å²) in [6.07, 6.45) is 10.8. The molecule has 7 heteroatoms. The normalized spacial score (nSPS) is 15.8. The maximum atomic E-state index is 12.6. The monoisotopic (exact) mass is 499 g/mol.